The maximum Gasteiger partial charge on any atom is 0.335 e. The Kier molecular flexibility index (Phi) is 11.3. The van der Waals surface area contributed by atoms with Crippen LogP contribution in [0.5, 0.6) is 11.6 Å². The molecule has 0 bridgehead atoms. The van der Waals surface area contributed by atoms with E-state index in [1.165, 1.54) is 11.9 Å². The molecule has 3 atom stereocenters. The highest BCUT2D eigenvalue weighted by atomic mass is 32.2. The Labute approximate surface area is 281 Å². The molecule has 3 N–H and O–H groups in total. The van der Waals surface area contributed by atoms with Crippen molar-refractivity contribution in [3.05, 3.63) is 83.4 Å². The Bertz CT molecular complexity index is 1650. The summed E-state index contributed by atoms with van der Waals surface area (Å²) in [5.41, 5.74) is 4.18. The molecule has 248 valence electrons. The van der Waals surface area contributed by atoms with E-state index < -0.39 is 5.97 Å². The molecule has 1 aliphatic heterocycles. The highest BCUT2D eigenvalue weighted by Crippen LogP contribution is 2.34. The van der Waals surface area contributed by atoms with Gasteiger partial charge in [0.2, 0.25) is 11.8 Å². The third-order valence-corrected chi connectivity index (χ3v) is 8.88. The summed E-state index contributed by atoms with van der Waals surface area (Å²) in [6.45, 7) is 13.0. The molecular weight excluding hydrogens is 613 g/mol. The molecule has 47 heavy (non-hydrogen) atoms. The minimum atomic E-state index is -0.977. The van der Waals surface area contributed by atoms with E-state index >= 15 is 0 Å². The zero-order chi connectivity index (χ0) is 33.5. The summed E-state index contributed by atoms with van der Waals surface area (Å²) in [6, 6.07) is 14.9. The fourth-order valence-electron chi connectivity index (χ4n) is 6.04. The number of carbonyl (C=O) groups is 1. The van der Waals surface area contributed by atoms with Gasteiger partial charge in [0.05, 0.1) is 35.8 Å². The number of aromatic carboxylic acids is 1. The highest BCUT2D eigenvalue weighted by molar-refractivity contribution is 8.00. The van der Waals surface area contributed by atoms with Crippen molar-refractivity contribution in [3.8, 4) is 22.9 Å². The molecule has 3 unspecified atom stereocenters. The van der Waals surface area contributed by atoms with E-state index in [4.69, 9.17) is 19.4 Å². The zero-order valence-corrected chi connectivity index (χ0v) is 28.7. The second-order valence-corrected chi connectivity index (χ2v) is 13.6. The van der Waals surface area contributed by atoms with E-state index in [2.05, 4.69) is 59.8 Å². The van der Waals surface area contributed by atoms with Gasteiger partial charge < -0.3 is 19.9 Å². The number of carboxylic acids is 1. The number of hydrogen-bond acceptors (Lipinski definition) is 10. The van der Waals surface area contributed by atoms with Gasteiger partial charge in [-0.1, -0.05) is 38.1 Å². The van der Waals surface area contributed by atoms with Crippen LogP contribution in [0.1, 0.15) is 80.3 Å². The Morgan fingerprint density at radius 3 is 2.43 bits per heavy atom. The summed E-state index contributed by atoms with van der Waals surface area (Å²) in [4.78, 5) is 31.0. The molecule has 5 rings (SSSR count). The van der Waals surface area contributed by atoms with Crippen molar-refractivity contribution in [1.82, 2.24) is 25.3 Å². The number of carboxylic acid groups (broad SMARTS) is 1. The van der Waals surface area contributed by atoms with Crippen LogP contribution < -0.4 is 19.5 Å². The lowest BCUT2D eigenvalue weighted by Gasteiger charge is -2.37. The first-order valence-electron chi connectivity index (χ1n) is 16.1. The monoisotopic (exact) mass is 656 g/mol. The topological polar surface area (TPSA) is 131 Å². The number of anilines is 1. The van der Waals surface area contributed by atoms with Crippen LogP contribution in [0.3, 0.4) is 0 Å². The lowest BCUT2D eigenvalue weighted by molar-refractivity contribution is 0.0696. The predicted molar refractivity (Wildman–Crippen MR) is 185 cm³/mol. The van der Waals surface area contributed by atoms with E-state index in [0.717, 1.165) is 52.4 Å². The third-order valence-electron chi connectivity index (χ3n) is 8.11. The van der Waals surface area contributed by atoms with E-state index in [1.54, 1.807) is 30.6 Å². The first-order valence-corrected chi connectivity index (χ1v) is 17.0. The second-order valence-electron chi connectivity index (χ2n) is 12.8. The number of aromatic nitrogens is 4. The molecule has 0 radical (unpaired) electrons. The van der Waals surface area contributed by atoms with Crippen LogP contribution in [0.4, 0.5) is 5.95 Å². The fraction of sp³-hybridized carbons (Fsp3) is 0.417. The minimum absolute atomic E-state index is 0.00545. The van der Waals surface area contributed by atoms with Crippen LogP contribution in [0.2, 0.25) is 0 Å². The molecule has 4 aromatic rings. The average molecular weight is 657 g/mol. The molecule has 0 amide bonds. The van der Waals surface area contributed by atoms with Crippen molar-refractivity contribution < 1.29 is 19.4 Å². The lowest BCUT2D eigenvalue weighted by atomic mass is 9.82. The SMILES string of the molecule is Cc1cccc(C)c1-c1cc(OCC2NC(c3ncc(OC(C)C)cn3)CCC2CC(C)C)nc(NSc2cccc(C(=O)O)c2)n1. The van der Waals surface area contributed by atoms with Crippen molar-refractivity contribution in [2.24, 2.45) is 11.8 Å². The third kappa shape index (κ3) is 9.20. The Morgan fingerprint density at radius 2 is 1.74 bits per heavy atom. The molecule has 2 aromatic carbocycles. The Hall–Kier alpha value is -4.22. The van der Waals surface area contributed by atoms with Crippen LogP contribution in [0.15, 0.2) is 65.8 Å². The standard InChI is InChI=1S/C36H44N6O4S/c1-21(2)15-25-13-14-29(34-37-18-27(19-38-34)46-22(3)4)39-31(25)20-45-32-17-30(33-23(5)9-7-10-24(33)6)40-36(41-32)42-47-28-12-8-11-26(16-28)35(43)44/h7-12,16-19,21-22,25,29,31,39H,13-15,20H2,1-6H3,(H,43,44)(H,40,41,42). The molecule has 1 saturated heterocycles. The molecule has 10 nitrogen and oxygen atoms in total. The first-order chi connectivity index (χ1) is 22.5. The molecular formula is C36H44N6O4S. The molecule has 11 heteroatoms. The van der Waals surface area contributed by atoms with Crippen LogP contribution in [-0.2, 0) is 0 Å². The molecule has 0 aliphatic carbocycles. The van der Waals surface area contributed by atoms with E-state index in [0.29, 0.717) is 36.0 Å². The molecule has 0 saturated carbocycles. The van der Waals surface area contributed by atoms with Gasteiger partial charge in [-0.05, 0) is 100 Å². The van der Waals surface area contributed by atoms with Gasteiger partial charge in [0, 0.05) is 22.6 Å². The number of benzene rings is 2. The van der Waals surface area contributed by atoms with Gasteiger partial charge >= 0.3 is 5.97 Å². The van der Waals surface area contributed by atoms with Crippen LogP contribution in [-0.4, -0.2) is 49.8 Å². The molecule has 2 aromatic heterocycles. The van der Waals surface area contributed by atoms with Crippen molar-refractivity contribution in [2.75, 3.05) is 11.3 Å². The van der Waals surface area contributed by atoms with Gasteiger partial charge in [0.25, 0.3) is 0 Å². The number of ether oxygens (including phenoxy) is 2. The second kappa shape index (κ2) is 15.6. The van der Waals surface area contributed by atoms with Gasteiger partial charge in [0.15, 0.2) is 5.75 Å². The van der Waals surface area contributed by atoms with Gasteiger partial charge in [-0.2, -0.15) is 4.98 Å². The lowest BCUT2D eigenvalue weighted by Crippen LogP contribution is -2.47. The molecule has 0 spiro atoms. The summed E-state index contributed by atoms with van der Waals surface area (Å²) in [5, 5.41) is 13.2. The fourth-order valence-corrected chi connectivity index (χ4v) is 6.67. The maximum atomic E-state index is 11.5. The average Bonchev–Trinajstić information content (AvgIpc) is 3.03. The number of rotatable bonds is 13. The summed E-state index contributed by atoms with van der Waals surface area (Å²) < 4.78 is 15.4. The van der Waals surface area contributed by atoms with Crippen LogP contribution in [0.25, 0.3) is 11.3 Å². The maximum absolute atomic E-state index is 11.5. The minimum Gasteiger partial charge on any atom is -0.488 e. The van der Waals surface area contributed by atoms with Crippen molar-refractivity contribution in [1.29, 1.82) is 0 Å². The first kappa shape index (κ1) is 34.1. The van der Waals surface area contributed by atoms with Crippen molar-refractivity contribution in [2.45, 2.75) is 83.9 Å². The summed E-state index contributed by atoms with van der Waals surface area (Å²) in [5.74, 6) is 2.24. The number of aryl methyl sites for hydroxylation is 2. The largest absolute Gasteiger partial charge is 0.488 e. The van der Waals surface area contributed by atoms with Crippen LogP contribution >= 0.6 is 11.9 Å². The van der Waals surface area contributed by atoms with Gasteiger partial charge in [-0.25, -0.2) is 19.7 Å². The highest BCUT2D eigenvalue weighted by Gasteiger charge is 2.33. The summed E-state index contributed by atoms with van der Waals surface area (Å²) in [6.07, 6.45) is 6.60. The number of nitrogens with zero attached hydrogens (tertiary/aromatic N) is 4. The summed E-state index contributed by atoms with van der Waals surface area (Å²) in [7, 11) is 0. The molecule has 1 aliphatic rings. The molecule has 1 fully saturated rings. The van der Waals surface area contributed by atoms with Gasteiger partial charge in [-0.3, -0.25) is 4.72 Å². The number of piperidine rings is 1. The molecule has 3 heterocycles. The predicted octanol–water partition coefficient (Wildman–Crippen LogP) is 7.69. The van der Waals surface area contributed by atoms with Crippen LogP contribution in [0, 0.1) is 25.7 Å². The van der Waals surface area contributed by atoms with E-state index in [9.17, 15) is 9.90 Å². The van der Waals surface area contributed by atoms with Gasteiger partial charge in [-0.15, -0.1) is 0 Å². The smallest absolute Gasteiger partial charge is 0.335 e. The van der Waals surface area contributed by atoms with Crippen molar-refractivity contribution in [3.63, 3.8) is 0 Å². The van der Waals surface area contributed by atoms with E-state index in [1.807, 2.05) is 32.0 Å². The normalized spacial score (nSPS) is 17.9. The quantitative estimate of drug-likeness (QED) is 0.122. The Balaban J connectivity index is 1.38. The Morgan fingerprint density at radius 1 is 1.02 bits per heavy atom. The number of nitrogens with one attached hydrogen (secondary N) is 2. The van der Waals surface area contributed by atoms with Crippen molar-refractivity contribution >= 4 is 23.9 Å². The van der Waals surface area contributed by atoms with E-state index in [-0.39, 0.29) is 23.8 Å². The number of hydrogen-bond donors (Lipinski definition) is 3. The van der Waals surface area contributed by atoms with Gasteiger partial charge in [0.1, 0.15) is 12.4 Å². The zero-order valence-electron chi connectivity index (χ0n) is 27.9. The summed E-state index contributed by atoms with van der Waals surface area (Å²) >= 11 is 1.25.